The summed E-state index contributed by atoms with van der Waals surface area (Å²) in [7, 11) is 1.72. The number of hydrogen-bond donors (Lipinski definition) is 2. The molecule has 18 heavy (non-hydrogen) atoms. The minimum Gasteiger partial charge on any atom is -0.389 e. The molecule has 0 aromatic carbocycles. The lowest BCUT2D eigenvalue weighted by molar-refractivity contribution is 0.102. The van der Waals surface area contributed by atoms with Crippen molar-refractivity contribution in [2.24, 2.45) is 12.8 Å². The maximum absolute atomic E-state index is 12.0. The van der Waals surface area contributed by atoms with Gasteiger partial charge in [0.15, 0.2) is 0 Å². The zero-order chi connectivity index (χ0) is 13.3. The van der Waals surface area contributed by atoms with E-state index < -0.39 is 0 Å². The van der Waals surface area contributed by atoms with Gasteiger partial charge in [0.1, 0.15) is 10.8 Å². The van der Waals surface area contributed by atoms with E-state index in [1.165, 1.54) is 22.2 Å². The van der Waals surface area contributed by atoms with Crippen LogP contribution in [0.4, 0.5) is 5.82 Å². The van der Waals surface area contributed by atoms with Crippen LogP contribution in [0.1, 0.15) is 15.9 Å². The maximum Gasteiger partial charge on any atom is 0.257 e. The van der Waals surface area contributed by atoms with Gasteiger partial charge in [0.05, 0.1) is 20.2 Å². The van der Waals surface area contributed by atoms with Crippen LogP contribution in [0.15, 0.2) is 17.6 Å². The number of nitrogens with zero attached hydrogens (tertiary/aromatic N) is 2. The van der Waals surface area contributed by atoms with Gasteiger partial charge in [0, 0.05) is 12.4 Å². The lowest BCUT2D eigenvalue weighted by atomic mass is 10.3. The molecule has 0 fully saturated rings. The minimum atomic E-state index is -0.199. The van der Waals surface area contributed by atoms with Crippen LogP contribution in [0.5, 0.6) is 0 Å². The summed E-state index contributed by atoms with van der Waals surface area (Å²) in [6, 6.07) is 1.82. The molecule has 5 nitrogen and oxygen atoms in total. The lowest BCUT2D eigenvalue weighted by Crippen LogP contribution is -2.18. The molecule has 0 spiro atoms. The number of thiocarbonyl (C=S) groups is 1. The molecule has 0 saturated carbocycles. The number of carbonyl (C=O) groups is 1. The monoisotopic (exact) mass is 392 g/mol. The Bertz CT molecular complexity index is 619. The fourth-order valence-electron chi connectivity index (χ4n) is 1.37. The Morgan fingerprint density at radius 1 is 1.67 bits per heavy atom. The van der Waals surface area contributed by atoms with Gasteiger partial charge in [0.25, 0.3) is 5.91 Å². The first-order valence-electron chi connectivity index (χ1n) is 4.86. The van der Waals surface area contributed by atoms with Gasteiger partial charge in [-0.05, 0) is 28.7 Å². The van der Waals surface area contributed by atoms with Crippen molar-refractivity contribution in [1.29, 1.82) is 0 Å². The summed E-state index contributed by atoms with van der Waals surface area (Å²) < 4.78 is 2.58. The average molecular weight is 392 g/mol. The van der Waals surface area contributed by atoms with Crippen LogP contribution < -0.4 is 11.1 Å². The van der Waals surface area contributed by atoms with E-state index in [-0.39, 0.29) is 10.9 Å². The molecular formula is C10H9IN4OS2. The molecular weight excluding hydrogens is 383 g/mol. The van der Waals surface area contributed by atoms with E-state index in [1.807, 2.05) is 6.07 Å². The van der Waals surface area contributed by atoms with Crippen molar-refractivity contribution in [2.75, 3.05) is 5.32 Å². The van der Waals surface area contributed by atoms with Crippen molar-refractivity contribution in [1.82, 2.24) is 9.78 Å². The molecule has 94 valence electrons. The maximum atomic E-state index is 12.0. The largest absolute Gasteiger partial charge is 0.389 e. The second kappa shape index (κ2) is 5.33. The lowest BCUT2D eigenvalue weighted by Gasteiger charge is -2.06. The summed E-state index contributed by atoms with van der Waals surface area (Å²) in [5, 5.41) is 8.59. The molecule has 0 aliphatic rings. The Balaban J connectivity index is 2.27. The molecule has 0 aliphatic carbocycles. The summed E-state index contributed by atoms with van der Waals surface area (Å²) in [5.74, 6) is 0.309. The predicted molar refractivity (Wildman–Crippen MR) is 84.1 cm³/mol. The Morgan fingerprint density at radius 3 is 2.94 bits per heavy atom. The molecule has 0 radical (unpaired) electrons. The van der Waals surface area contributed by atoms with Crippen LogP contribution in [0.2, 0.25) is 0 Å². The number of aryl methyl sites for hydroxylation is 1. The fourth-order valence-corrected chi connectivity index (χ4v) is 2.85. The SMILES string of the molecule is Cn1ncc(C(N)=S)c1NC(=O)c1csc(I)c1. The summed E-state index contributed by atoms with van der Waals surface area (Å²) in [6.45, 7) is 0. The number of amides is 1. The molecule has 2 heterocycles. The molecule has 1 amide bonds. The van der Waals surface area contributed by atoms with Crippen LogP contribution in [-0.2, 0) is 7.05 Å². The average Bonchev–Trinajstić information content (AvgIpc) is 2.87. The van der Waals surface area contributed by atoms with Crippen molar-refractivity contribution in [3.05, 3.63) is 31.7 Å². The Kier molecular flexibility index (Phi) is 3.97. The van der Waals surface area contributed by atoms with E-state index >= 15 is 0 Å². The summed E-state index contributed by atoms with van der Waals surface area (Å²) in [4.78, 5) is 12.2. The van der Waals surface area contributed by atoms with Crippen LogP contribution >= 0.6 is 46.1 Å². The first-order valence-corrected chi connectivity index (χ1v) is 7.23. The molecule has 0 saturated heterocycles. The van der Waals surface area contributed by atoms with Gasteiger partial charge >= 0.3 is 0 Å². The number of anilines is 1. The number of hydrogen-bond acceptors (Lipinski definition) is 4. The number of thiophene rings is 1. The second-order valence-electron chi connectivity index (χ2n) is 3.49. The number of carbonyl (C=O) groups excluding carboxylic acids is 1. The molecule has 3 N–H and O–H groups in total. The van der Waals surface area contributed by atoms with Crippen LogP contribution in [0.3, 0.4) is 0 Å². The third-order valence-corrected chi connectivity index (χ3v) is 4.27. The summed E-state index contributed by atoms with van der Waals surface area (Å²) in [5.41, 5.74) is 6.75. The Morgan fingerprint density at radius 2 is 2.39 bits per heavy atom. The summed E-state index contributed by atoms with van der Waals surface area (Å²) >= 11 is 8.59. The standard InChI is InChI=1S/C10H9IN4OS2/c1-15-9(6(3-13-15)8(12)17)14-10(16)5-2-7(11)18-4-5/h2-4H,1H3,(H2,12,17)(H,14,16). The third-order valence-electron chi connectivity index (χ3n) is 2.27. The third kappa shape index (κ3) is 2.70. The van der Waals surface area contributed by atoms with Gasteiger partial charge < -0.3 is 11.1 Å². The Hall–Kier alpha value is -1.00. The van der Waals surface area contributed by atoms with Gasteiger partial charge in [0.2, 0.25) is 0 Å². The predicted octanol–water partition coefficient (Wildman–Crippen LogP) is 1.97. The minimum absolute atomic E-state index is 0.199. The fraction of sp³-hybridized carbons (Fsp3) is 0.100. The topological polar surface area (TPSA) is 72.9 Å². The van der Waals surface area contributed by atoms with Gasteiger partial charge in [-0.2, -0.15) is 5.10 Å². The van der Waals surface area contributed by atoms with Gasteiger partial charge in [-0.15, -0.1) is 11.3 Å². The first kappa shape index (κ1) is 13.4. The molecule has 2 aromatic heterocycles. The van der Waals surface area contributed by atoms with Crippen LogP contribution in [0.25, 0.3) is 0 Å². The van der Waals surface area contributed by atoms with E-state index in [4.69, 9.17) is 18.0 Å². The van der Waals surface area contributed by atoms with Crippen molar-refractivity contribution in [3.8, 4) is 0 Å². The molecule has 0 bridgehead atoms. The van der Waals surface area contributed by atoms with Crippen molar-refractivity contribution < 1.29 is 4.79 Å². The van der Waals surface area contributed by atoms with Crippen molar-refractivity contribution in [2.45, 2.75) is 0 Å². The Labute approximate surface area is 127 Å². The second-order valence-corrected chi connectivity index (χ2v) is 6.73. The quantitative estimate of drug-likeness (QED) is 0.619. The van der Waals surface area contributed by atoms with Crippen molar-refractivity contribution >= 4 is 62.9 Å². The molecule has 2 rings (SSSR count). The van der Waals surface area contributed by atoms with E-state index in [0.29, 0.717) is 16.9 Å². The number of nitrogens with one attached hydrogen (secondary N) is 1. The number of aromatic nitrogens is 2. The highest BCUT2D eigenvalue weighted by Crippen LogP contribution is 2.19. The molecule has 0 aliphatic heterocycles. The molecule has 0 atom stereocenters. The zero-order valence-corrected chi connectivity index (χ0v) is 13.1. The first-order chi connectivity index (χ1) is 8.49. The van der Waals surface area contributed by atoms with E-state index in [1.54, 1.807) is 12.4 Å². The smallest absolute Gasteiger partial charge is 0.257 e. The number of nitrogens with two attached hydrogens (primary N) is 1. The highest BCUT2D eigenvalue weighted by atomic mass is 127. The zero-order valence-electron chi connectivity index (χ0n) is 9.31. The normalized spacial score (nSPS) is 10.3. The number of rotatable bonds is 3. The van der Waals surface area contributed by atoms with Gasteiger partial charge in [-0.3, -0.25) is 9.48 Å². The van der Waals surface area contributed by atoms with Crippen LogP contribution in [-0.4, -0.2) is 20.7 Å². The van der Waals surface area contributed by atoms with E-state index in [2.05, 4.69) is 33.0 Å². The highest BCUT2D eigenvalue weighted by Gasteiger charge is 2.15. The molecule has 2 aromatic rings. The van der Waals surface area contributed by atoms with Gasteiger partial charge in [-0.25, -0.2) is 0 Å². The van der Waals surface area contributed by atoms with Crippen molar-refractivity contribution in [3.63, 3.8) is 0 Å². The number of halogens is 1. The highest BCUT2D eigenvalue weighted by molar-refractivity contribution is 14.1. The van der Waals surface area contributed by atoms with E-state index in [0.717, 1.165) is 2.88 Å². The summed E-state index contributed by atoms with van der Waals surface area (Å²) in [6.07, 6.45) is 1.54. The molecule has 0 unspecified atom stereocenters. The molecule has 8 heteroatoms. The van der Waals surface area contributed by atoms with E-state index in [9.17, 15) is 4.79 Å². The van der Waals surface area contributed by atoms with Crippen LogP contribution in [0, 0.1) is 2.88 Å². The van der Waals surface area contributed by atoms with Gasteiger partial charge in [-0.1, -0.05) is 12.2 Å².